The normalized spacial score (nSPS) is 32.0. The maximum atomic E-state index is 3.32. The van der Waals surface area contributed by atoms with Gasteiger partial charge in [0, 0.05) is 18.5 Å². The SMILES string of the molecule is [CH]1CNCCC12CNC2. The summed E-state index contributed by atoms with van der Waals surface area (Å²) in [7, 11) is 0. The first-order valence-corrected chi connectivity index (χ1v) is 3.67. The van der Waals surface area contributed by atoms with E-state index in [0.717, 1.165) is 6.54 Å². The minimum atomic E-state index is 0.602. The Morgan fingerprint density at radius 2 is 2.11 bits per heavy atom. The van der Waals surface area contributed by atoms with Gasteiger partial charge in [-0.3, -0.25) is 0 Å². The van der Waals surface area contributed by atoms with Crippen LogP contribution in [-0.4, -0.2) is 26.2 Å². The number of hydrogen-bond acceptors (Lipinski definition) is 2. The molecule has 0 saturated carbocycles. The zero-order valence-corrected chi connectivity index (χ0v) is 5.61. The molecular weight excluding hydrogens is 112 g/mol. The molecule has 2 aliphatic heterocycles. The van der Waals surface area contributed by atoms with Crippen LogP contribution >= 0.6 is 0 Å². The lowest BCUT2D eigenvalue weighted by Crippen LogP contribution is -2.58. The van der Waals surface area contributed by atoms with E-state index in [1.54, 1.807) is 0 Å². The van der Waals surface area contributed by atoms with Crippen LogP contribution in [-0.2, 0) is 0 Å². The molecular formula is C7H13N2. The van der Waals surface area contributed by atoms with Crippen LogP contribution in [0, 0.1) is 11.8 Å². The Labute approximate surface area is 56.0 Å². The van der Waals surface area contributed by atoms with Crippen LogP contribution < -0.4 is 10.6 Å². The van der Waals surface area contributed by atoms with E-state index in [-0.39, 0.29) is 0 Å². The van der Waals surface area contributed by atoms with E-state index in [4.69, 9.17) is 0 Å². The fraction of sp³-hybridized carbons (Fsp3) is 0.857. The van der Waals surface area contributed by atoms with Crippen LogP contribution in [0.15, 0.2) is 0 Å². The third kappa shape index (κ3) is 0.864. The second-order valence-electron chi connectivity index (χ2n) is 3.12. The van der Waals surface area contributed by atoms with Crippen molar-refractivity contribution in [2.45, 2.75) is 6.42 Å². The van der Waals surface area contributed by atoms with E-state index in [9.17, 15) is 0 Å². The molecule has 2 nitrogen and oxygen atoms in total. The van der Waals surface area contributed by atoms with Gasteiger partial charge in [-0.1, -0.05) is 0 Å². The summed E-state index contributed by atoms with van der Waals surface area (Å²) < 4.78 is 0. The number of nitrogens with one attached hydrogen (secondary N) is 2. The molecule has 51 valence electrons. The Morgan fingerprint density at radius 1 is 1.22 bits per heavy atom. The number of hydrogen-bond donors (Lipinski definition) is 2. The molecule has 0 aromatic carbocycles. The first-order valence-electron chi connectivity index (χ1n) is 3.67. The quantitative estimate of drug-likeness (QED) is 0.467. The van der Waals surface area contributed by atoms with Gasteiger partial charge in [0.05, 0.1) is 0 Å². The molecule has 2 rings (SSSR count). The number of rotatable bonds is 0. The van der Waals surface area contributed by atoms with Gasteiger partial charge in [0.2, 0.25) is 0 Å². The molecule has 2 fully saturated rings. The summed E-state index contributed by atoms with van der Waals surface area (Å²) in [6, 6.07) is 0. The Balaban J connectivity index is 1.93. The summed E-state index contributed by atoms with van der Waals surface area (Å²) in [5.74, 6) is 0. The highest BCUT2D eigenvalue weighted by molar-refractivity contribution is 5.05. The van der Waals surface area contributed by atoms with E-state index in [1.807, 2.05) is 0 Å². The summed E-state index contributed by atoms with van der Waals surface area (Å²) in [6.45, 7) is 4.75. The van der Waals surface area contributed by atoms with Gasteiger partial charge in [0.1, 0.15) is 0 Å². The Hall–Kier alpha value is -0.0800. The molecule has 0 aliphatic carbocycles. The minimum Gasteiger partial charge on any atom is -0.316 e. The summed E-state index contributed by atoms with van der Waals surface area (Å²) in [4.78, 5) is 0. The van der Waals surface area contributed by atoms with E-state index < -0.39 is 0 Å². The summed E-state index contributed by atoms with van der Waals surface area (Å²) >= 11 is 0. The van der Waals surface area contributed by atoms with Crippen LogP contribution in [0.2, 0.25) is 0 Å². The van der Waals surface area contributed by atoms with Crippen LogP contribution in [0.3, 0.4) is 0 Å². The summed E-state index contributed by atoms with van der Waals surface area (Å²) in [5.41, 5.74) is 0.602. The Bertz CT molecular complexity index is 99.5. The molecule has 2 heteroatoms. The standard InChI is InChI=1S/C7H13N2/c1-3-8-4-2-7(1)5-9-6-7/h1,8-9H,2-6H2. The monoisotopic (exact) mass is 125 g/mol. The molecule has 0 bridgehead atoms. The summed E-state index contributed by atoms with van der Waals surface area (Å²) in [5, 5.41) is 6.64. The molecule has 9 heavy (non-hydrogen) atoms. The van der Waals surface area contributed by atoms with Gasteiger partial charge in [0.25, 0.3) is 0 Å². The van der Waals surface area contributed by atoms with Gasteiger partial charge in [0.15, 0.2) is 0 Å². The maximum absolute atomic E-state index is 3.32. The van der Waals surface area contributed by atoms with Gasteiger partial charge in [-0.05, 0) is 25.9 Å². The highest BCUT2D eigenvalue weighted by atomic mass is 15.0. The first kappa shape index (κ1) is 5.69. The van der Waals surface area contributed by atoms with Crippen LogP contribution in [0.25, 0.3) is 0 Å². The predicted octanol–water partition coefficient (Wildman–Crippen LogP) is -0.226. The van der Waals surface area contributed by atoms with E-state index in [2.05, 4.69) is 17.1 Å². The van der Waals surface area contributed by atoms with Crippen molar-refractivity contribution >= 4 is 0 Å². The molecule has 2 N–H and O–H groups in total. The summed E-state index contributed by atoms with van der Waals surface area (Å²) in [6.07, 6.45) is 3.76. The van der Waals surface area contributed by atoms with Gasteiger partial charge in [-0.25, -0.2) is 0 Å². The third-order valence-electron chi connectivity index (χ3n) is 2.43. The van der Waals surface area contributed by atoms with Gasteiger partial charge < -0.3 is 10.6 Å². The topological polar surface area (TPSA) is 24.1 Å². The van der Waals surface area contributed by atoms with Crippen molar-refractivity contribution in [1.82, 2.24) is 10.6 Å². The van der Waals surface area contributed by atoms with Crippen molar-refractivity contribution < 1.29 is 0 Å². The molecule has 1 spiro atoms. The average Bonchev–Trinajstić information content (AvgIpc) is 1.87. The smallest absolute Gasteiger partial charge is 0.00240 e. The van der Waals surface area contributed by atoms with E-state index >= 15 is 0 Å². The lowest BCUT2D eigenvalue weighted by Gasteiger charge is -2.45. The molecule has 2 heterocycles. The third-order valence-corrected chi connectivity index (χ3v) is 2.43. The molecule has 1 radical (unpaired) electrons. The molecule has 2 saturated heterocycles. The van der Waals surface area contributed by atoms with Gasteiger partial charge in [-0.15, -0.1) is 0 Å². The van der Waals surface area contributed by atoms with E-state index in [1.165, 1.54) is 26.1 Å². The molecule has 2 aliphatic rings. The van der Waals surface area contributed by atoms with Crippen LogP contribution in [0.4, 0.5) is 0 Å². The molecule has 0 amide bonds. The van der Waals surface area contributed by atoms with Gasteiger partial charge >= 0.3 is 0 Å². The van der Waals surface area contributed by atoms with Crippen molar-refractivity contribution in [3.05, 3.63) is 6.42 Å². The van der Waals surface area contributed by atoms with Gasteiger partial charge in [-0.2, -0.15) is 0 Å². The Morgan fingerprint density at radius 3 is 2.44 bits per heavy atom. The highest BCUT2D eigenvalue weighted by Gasteiger charge is 2.37. The predicted molar refractivity (Wildman–Crippen MR) is 37.1 cm³/mol. The average molecular weight is 125 g/mol. The van der Waals surface area contributed by atoms with Crippen molar-refractivity contribution in [3.63, 3.8) is 0 Å². The highest BCUT2D eigenvalue weighted by Crippen LogP contribution is 2.31. The zero-order chi connectivity index (χ0) is 6.16. The second kappa shape index (κ2) is 1.96. The fourth-order valence-corrected chi connectivity index (χ4v) is 1.60. The van der Waals surface area contributed by atoms with Crippen molar-refractivity contribution in [1.29, 1.82) is 0 Å². The molecule has 0 aromatic heterocycles. The molecule has 0 aromatic rings. The van der Waals surface area contributed by atoms with Crippen molar-refractivity contribution in [2.24, 2.45) is 5.41 Å². The largest absolute Gasteiger partial charge is 0.316 e. The van der Waals surface area contributed by atoms with Crippen molar-refractivity contribution in [3.8, 4) is 0 Å². The zero-order valence-electron chi connectivity index (χ0n) is 5.61. The van der Waals surface area contributed by atoms with E-state index in [0.29, 0.717) is 5.41 Å². The Kier molecular flexibility index (Phi) is 1.24. The second-order valence-corrected chi connectivity index (χ2v) is 3.12. The molecule has 0 atom stereocenters. The molecule has 0 unspecified atom stereocenters. The first-order chi connectivity index (χ1) is 4.41. The van der Waals surface area contributed by atoms with Crippen LogP contribution in [0.5, 0.6) is 0 Å². The number of piperidine rings is 1. The van der Waals surface area contributed by atoms with Crippen LogP contribution in [0.1, 0.15) is 6.42 Å². The minimum absolute atomic E-state index is 0.602. The van der Waals surface area contributed by atoms with Crippen molar-refractivity contribution in [2.75, 3.05) is 26.2 Å². The lowest BCUT2D eigenvalue weighted by molar-refractivity contribution is 0.174. The fourth-order valence-electron chi connectivity index (χ4n) is 1.60. The lowest BCUT2D eigenvalue weighted by atomic mass is 9.74. The maximum Gasteiger partial charge on any atom is 0.00240 e.